The molecule has 5 nitrogen and oxygen atoms in total. The zero-order valence-corrected chi connectivity index (χ0v) is 6.88. The molecule has 5 heteroatoms. The summed E-state index contributed by atoms with van der Waals surface area (Å²) in [6.07, 6.45) is 1.52. The van der Waals surface area contributed by atoms with Gasteiger partial charge in [-0.25, -0.2) is 4.98 Å². The van der Waals surface area contributed by atoms with Crippen LogP contribution in [0.1, 0.15) is 17.3 Å². The summed E-state index contributed by atoms with van der Waals surface area (Å²) >= 11 is 0. The van der Waals surface area contributed by atoms with Crippen LogP contribution in [0.15, 0.2) is 21.5 Å². The summed E-state index contributed by atoms with van der Waals surface area (Å²) < 4.78 is 4.76. The van der Waals surface area contributed by atoms with Crippen molar-refractivity contribution in [2.75, 3.05) is 0 Å². The number of H-pyrrole nitrogens is 2. The van der Waals surface area contributed by atoms with Crippen molar-refractivity contribution in [2.45, 2.75) is 6.92 Å². The van der Waals surface area contributed by atoms with E-state index >= 15 is 0 Å². The van der Waals surface area contributed by atoms with Crippen LogP contribution in [0.3, 0.4) is 0 Å². The molecule has 2 rings (SSSR count). The molecule has 2 aromatic heterocycles. The van der Waals surface area contributed by atoms with Crippen molar-refractivity contribution in [1.29, 1.82) is 0 Å². The summed E-state index contributed by atoms with van der Waals surface area (Å²) in [4.78, 5) is 26.9. The first kappa shape index (κ1) is 7.72. The van der Waals surface area contributed by atoms with Crippen LogP contribution in [-0.4, -0.2) is 10.8 Å². The highest BCUT2D eigenvalue weighted by molar-refractivity contribution is 5.95. The number of Topliss-reactive ketones (excluding diaryl/α,β-unsaturated/α-hetero) is 1. The molecule has 13 heavy (non-hydrogen) atoms. The maximum Gasteiger partial charge on any atom is 0.510 e. The standard InChI is InChI=1S/C8H6N2O3/c1-4(11)5-2-6-7(9-3-5)10-8(12)13-6/h2-3H,1H3,(H,9,10,12)/p+1. The minimum Gasteiger partial charge on any atom is -0.383 e. The number of aromatic amines is 2. The van der Waals surface area contributed by atoms with Gasteiger partial charge in [0.15, 0.2) is 5.78 Å². The first-order valence-electron chi connectivity index (χ1n) is 3.72. The lowest BCUT2D eigenvalue weighted by molar-refractivity contribution is -0.347. The van der Waals surface area contributed by atoms with Gasteiger partial charge < -0.3 is 4.42 Å². The van der Waals surface area contributed by atoms with E-state index in [0.717, 1.165) is 0 Å². The van der Waals surface area contributed by atoms with E-state index in [0.29, 0.717) is 16.8 Å². The average Bonchev–Trinajstić information content (AvgIpc) is 2.42. The largest absolute Gasteiger partial charge is 0.510 e. The summed E-state index contributed by atoms with van der Waals surface area (Å²) in [5.41, 5.74) is 1.32. The van der Waals surface area contributed by atoms with Crippen LogP contribution < -0.4 is 10.7 Å². The monoisotopic (exact) mass is 179 g/mol. The van der Waals surface area contributed by atoms with Gasteiger partial charge in [-0.05, 0) is 6.92 Å². The summed E-state index contributed by atoms with van der Waals surface area (Å²) in [7, 11) is 0. The summed E-state index contributed by atoms with van der Waals surface area (Å²) in [5.74, 6) is -0.617. The van der Waals surface area contributed by atoms with Gasteiger partial charge >= 0.3 is 11.4 Å². The van der Waals surface area contributed by atoms with E-state index < -0.39 is 5.76 Å². The van der Waals surface area contributed by atoms with Crippen LogP contribution in [0.2, 0.25) is 0 Å². The fourth-order valence-electron chi connectivity index (χ4n) is 1.09. The van der Waals surface area contributed by atoms with E-state index in [1.807, 2.05) is 0 Å². The molecule has 0 amide bonds. The topological polar surface area (TPSA) is 77.2 Å². The van der Waals surface area contributed by atoms with E-state index in [9.17, 15) is 9.59 Å². The van der Waals surface area contributed by atoms with Crippen molar-refractivity contribution in [3.05, 3.63) is 28.4 Å². The quantitative estimate of drug-likeness (QED) is 0.632. The minimum atomic E-state index is -0.535. The number of hydrogen-bond donors (Lipinski definition) is 1. The van der Waals surface area contributed by atoms with E-state index in [-0.39, 0.29) is 5.78 Å². The van der Waals surface area contributed by atoms with Crippen LogP contribution in [0.5, 0.6) is 0 Å². The Morgan fingerprint density at radius 2 is 2.38 bits per heavy atom. The second-order valence-corrected chi connectivity index (χ2v) is 2.70. The van der Waals surface area contributed by atoms with Gasteiger partial charge in [-0.2, -0.15) is 9.78 Å². The van der Waals surface area contributed by atoms with Crippen molar-refractivity contribution in [3.63, 3.8) is 0 Å². The fourth-order valence-corrected chi connectivity index (χ4v) is 1.09. The van der Waals surface area contributed by atoms with Crippen LogP contribution in [0.4, 0.5) is 0 Å². The molecule has 0 radical (unpaired) electrons. The number of oxazole rings is 1. The smallest absolute Gasteiger partial charge is 0.383 e. The number of fused-ring (bicyclic) bond motifs is 1. The predicted octanol–water partition coefficient (Wildman–Crippen LogP) is 0.138. The fraction of sp³-hybridized carbons (Fsp3) is 0.125. The van der Waals surface area contributed by atoms with Crippen LogP contribution in [0.25, 0.3) is 11.2 Å². The van der Waals surface area contributed by atoms with E-state index in [2.05, 4.69) is 9.97 Å². The Labute approximate surface area is 72.4 Å². The highest BCUT2D eigenvalue weighted by Gasteiger charge is 2.10. The number of hydrogen-bond acceptors (Lipinski definition) is 3. The van der Waals surface area contributed by atoms with Gasteiger partial charge in [0.05, 0.1) is 11.8 Å². The van der Waals surface area contributed by atoms with Crippen molar-refractivity contribution in [1.82, 2.24) is 4.98 Å². The summed E-state index contributed by atoms with van der Waals surface area (Å²) in [6.45, 7) is 1.44. The molecule has 0 unspecified atom stereocenters. The number of carbonyl (C=O) groups is 1. The van der Waals surface area contributed by atoms with Gasteiger partial charge in [0.1, 0.15) is 0 Å². The molecule has 2 heterocycles. The minimum absolute atomic E-state index is 0.0815. The highest BCUT2D eigenvalue weighted by atomic mass is 16.4. The Balaban J connectivity index is 2.74. The molecule has 2 aromatic rings. The average molecular weight is 179 g/mol. The van der Waals surface area contributed by atoms with E-state index in [1.54, 1.807) is 0 Å². The zero-order valence-electron chi connectivity index (χ0n) is 6.88. The molecule has 0 aliphatic carbocycles. The summed E-state index contributed by atoms with van der Waals surface area (Å²) in [6, 6.07) is 1.52. The lowest BCUT2D eigenvalue weighted by Gasteiger charge is -1.88. The molecule has 0 fully saturated rings. The van der Waals surface area contributed by atoms with Gasteiger partial charge in [0, 0.05) is 6.07 Å². The second kappa shape index (κ2) is 2.55. The first-order valence-corrected chi connectivity index (χ1v) is 3.72. The number of ketones is 1. The van der Waals surface area contributed by atoms with Crippen molar-refractivity contribution < 1.29 is 14.2 Å². The molecule has 0 saturated heterocycles. The third-order valence-corrected chi connectivity index (χ3v) is 1.74. The normalized spacial score (nSPS) is 10.5. The molecule has 0 saturated carbocycles. The van der Waals surface area contributed by atoms with Gasteiger partial charge in [-0.15, -0.1) is 0 Å². The number of aromatic nitrogens is 2. The Kier molecular flexibility index (Phi) is 1.51. The lowest BCUT2D eigenvalue weighted by Crippen LogP contribution is -2.08. The lowest BCUT2D eigenvalue weighted by atomic mass is 10.2. The van der Waals surface area contributed by atoms with E-state index in [1.165, 1.54) is 19.2 Å². The molecule has 0 atom stereocenters. The van der Waals surface area contributed by atoms with Crippen LogP contribution >= 0.6 is 0 Å². The second-order valence-electron chi connectivity index (χ2n) is 2.70. The molecule has 0 aromatic carbocycles. The number of carbonyl (C=O) groups excluding carboxylic acids is 1. The SMILES string of the molecule is CC(=O)c1c[nH+]c2[nH]c(=O)oc2c1. The molecular weight excluding hydrogens is 172 g/mol. The maximum absolute atomic E-state index is 10.9. The third kappa shape index (κ3) is 1.24. The molecular formula is C8H7N2O3+. The van der Waals surface area contributed by atoms with Gasteiger partial charge in [-0.1, -0.05) is 0 Å². The van der Waals surface area contributed by atoms with Crippen LogP contribution in [0, 0.1) is 0 Å². The summed E-state index contributed by atoms with van der Waals surface area (Å²) in [5, 5.41) is 0. The predicted molar refractivity (Wildman–Crippen MR) is 43.4 cm³/mol. The van der Waals surface area contributed by atoms with Crippen molar-refractivity contribution in [2.24, 2.45) is 0 Å². The molecule has 0 spiro atoms. The maximum atomic E-state index is 10.9. The molecule has 0 bridgehead atoms. The Morgan fingerprint density at radius 3 is 3.08 bits per heavy atom. The number of pyridine rings is 1. The Bertz CT molecular complexity index is 523. The van der Waals surface area contributed by atoms with Crippen molar-refractivity contribution in [3.8, 4) is 0 Å². The van der Waals surface area contributed by atoms with Crippen LogP contribution in [-0.2, 0) is 0 Å². The molecule has 66 valence electrons. The first-order chi connectivity index (χ1) is 6.16. The Hall–Kier alpha value is -1.91. The zero-order chi connectivity index (χ0) is 9.42. The van der Waals surface area contributed by atoms with Gasteiger partial charge in [0.2, 0.25) is 5.58 Å². The molecule has 0 aliphatic rings. The number of rotatable bonds is 1. The number of nitrogens with one attached hydrogen (secondary N) is 2. The van der Waals surface area contributed by atoms with Crippen molar-refractivity contribution >= 4 is 17.0 Å². The van der Waals surface area contributed by atoms with E-state index in [4.69, 9.17) is 4.42 Å². The van der Waals surface area contributed by atoms with Gasteiger partial charge in [0.25, 0.3) is 0 Å². The highest BCUT2D eigenvalue weighted by Crippen LogP contribution is 2.06. The van der Waals surface area contributed by atoms with Gasteiger partial charge in [-0.3, -0.25) is 4.79 Å². The molecule has 2 N–H and O–H groups in total. The Morgan fingerprint density at radius 1 is 1.62 bits per heavy atom. The third-order valence-electron chi connectivity index (χ3n) is 1.74. The molecule has 0 aliphatic heterocycles.